The average molecular weight is 319 g/mol. The van der Waals surface area contributed by atoms with E-state index < -0.39 is 0 Å². The molecular weight excluding hydrogens is 289 g/mol. The smallest absolute Gasteiger partial charge is 0.0558 e. The fourth-order valence-electron chi connectivity index (χ4n) is 0.200. The molecule has 0 amide bonds. The van der Waals surface area contributed by atoms with E-state index in [1.165, 1.54) is 0 Å². The summed E-state index contributed by atoms with van der Waals surface area (Å²) in [5.41, 5.74) is 0. The molecule has 5 nitrogen and oxygen atoms in total. The summed E-state index contributed by atoms with van der Waals surface area (Å²) in [5.74, 6) is 0. The summed E-state index contributed by atoms with van der Waals surface area (Å²) in [6.45, 7) is 6.81. The standard InChI is InChI=1S/C4H11NO.3C2H6O.Zr/c1-5(2)3-4-6;3*1-2-3;/h6H,3-4H2,1-2H3;3*3H,2H2,1H3;. The van der Waals surface area contributed by atoms with Gasteiger partial charge in [0, 0.05) is 52.6 Å². The molecule has 0 saturated carbocycles. The molecule has 0 aromatic carbocycles. The summed E-state index contributed by atoms with van der Waals surface area (Å²) >= 11 is 0. The third kappa shape index (κ3) is 203. The predicted octanol–water partition coefficient (Wildman–Crippen LogP) is -0.466. The molecule has 0 fully saturated rings. The van der Waals surface area contributed by atoms with Crippen LogP contribution >= 0.6 is 0 Å². The Balaban J connectivity index is -0.0000000353. The van der Waals surface area contributed by atoms with E-state index in [0.717, 1.165) is 6.54 Å². The van der Waals surface area contributed by atoms with Gasteiger partial charge in [0.25, 0.3) is 0 Å². The molecule has 0 aliphatic heterocycles. The van der Waals surface area contributed by atoms with Gasteiger partial charge in [-0.25, -0.2) is 0 Å². The van der Waals surface area contributed by atoms with Crippen molar-refractivity contribution in [2.24, 2.45) is 0 Å². The molecule has 0 bridgehead atoms. The number of hydrogen-bond acceptors (Lipinski definition) is 5. The van der Waals surface area contributed by atoms with Gasteiger partial charge in [-0.2, -0.15) is 0 Å². The Morgan fingerprint density at radius 3 is 0.938 bits per heavy atom. The van der Waals surface area contributed by atoms with Crippen LogP contribution in [0.3, 0.4) is 0 Å². The first kappa shape index (κ1) is 30.1. The minimum absolute atomic E-state index is 0. The first-order chi connectivity index (χ1) is 7.01. The predicted molar refractivity (Wildman–Crippen MR) is 63.9 cm³/mol. The zero-order valence-electron chi connectivity index (χ0n) is 11.3. The van der Waals surface area contributed by atoms with Crippen LogP contribution in [0.4, 0.5) is 0 Å². The van der Waals surface area contributed by atoms with E-state index in [9.17, 15) is 0 Å². The van der Waals surface area contributed by atoms with E-state index in [1.807, 2.05) is 19.0 Å². The van der Waals surface area contributed by atoms with E-state index in [1.54, 1.807) is 20.8 Å². The Bertz CT molecular complexity index is 64.0. The summed E-state index contributed by atoms with van der Waals surface area (Å²) in [6, 6.07) is 0. The molecule has 6 heteroatoms. The molecule has 0 atom stereocenters. The molecule has 0 aliphatic carbocycles. The fourth-order valence-corrected chi connectivity index (χ4v) is 0.200. The van der Waals surface area contributed by atoms with Gasteiger partial charge >= 0.3 is 0 Å². The Hall–Kier alpha value is 0.683. The second-order valence-electron chi connectivity index (χ2n) is 2.48. The monoisotopic (exact) mass is 317 g/mol. The molecule has 0 aliphatic rings. The third-order valence-electron chi connectivity index (χ3n) is 0.547. The molecule has 0 spiro atoms. The van der Waals surface area contributed by atoms with Crippen molar-refractivity contribution in [1.29, 1.82) is 0 Å². The minimum atomic E-state index is 0. The third-order valence-corrected chi connectivity index (χ3v) is 0.547. The van der Waals surface area contributed by atoms with Gasteiger partial charge in [0.1, 0.15) is 0 Å². The number of nitrogens with zero attached hydrogens (tertiary/aromatic N) is 1. The van der Waals surface area contributed by atoms with Gasteiger partial charge in [0.2, 0.25) is 0 Å². The molecule has 0 unspecified atom stereocenters. The van der Waals surface area contributed by atoms with Gasteiger partial charge in [-0.1, -0.05) is 0 Å². The zero-order valence-corrected chi connectivity index (χ0v) is 13.7. The van der Waals surface area contributed by atoms with Crippen molar-refractivity contribution in [3.05, 3.63) is 0 Å². The molecule has 0 heterocycles. The fraction of sp³-hybridized carbons (Fsp3) is 1.00. The van der Waals surface area contributed by atoms with Crippen molar-refractivity contribution >= 4 is 0 Å². The molecule has 0 radical (unpaired) electrons. The van der Waals surface area contributed by atoms with Gasteiger partial charge in [-0.15, -0.1) is 0 Å². The summed E-state index contributed by atoms with van der Waals surface area (Å²) in [4.78, 5) is 1.93. The number of aliphatic hydroxyl groups is 4. The SMILES string of the molecule is CCO.CCO.CCO.CN(C)CCO.[Zr]. The van der Waals surface area contributed by atoms with Crippen molar-refractivity contribution in [2.75, 3.05) is 47.1 Å². The second-order valence-corrected chi connectivity index (χ2v) is 2.48. The van der Waals surface area contributed by atoms with Crippen molar-refractivity contribution in [3.8, 4) is 0 Å². The molecule has 0 aromatic heterocycles. The number of hydrogen-bond donors (Lipinski definition) is 4. The van der Waals surface area contributed by atoms with Crippen molar-refractivity contribution in [3.63, 3.8) is 0 Å². The minimum Gasteiger partial charge on any atom is -0.397 e. The molecule has 16 heavy (non-hydrogen) atoms. The maximum absolute atomic E-state index is 8.20. The Labute approximate surface area is 119 Å². The van der Waals surface area contributed by atoms with Gasteiger partial charge in [-0.05, 0) is 34.9 Å². The van der Waals surface area contributed by atoms with Crippen molar-refractivity contribution in [2.45, 2.75) is 20.8 Å². The first-order valence-electron chi connectivity index (χ1n) is 5.10. The molecule has 0 saturated heterocycles. The molecule has 4 N–H and O–H groups in total. The van der Waals surface area contributed by atoms with Crippen LogP contribution in [0.2, 0.25) is 0 Å². The summed E-state index contributed by atoms with van der Waals surface area (Å²) in [7, 11) is 3.85. The quantitative estimate of drug-likeness (QED) is 0.553. The Kier molecular flexibility index (Phi) is 84.3. The topological polar surface area (TPSA) is 84.2 Å². The van der Waals surface area contributed by atoms with Crippen molar-refractivity contribution in [1.82, 2.24) is 4.90 Å². The van der Waals surface area contributed by atoms with Crippen LogP contribution in [0.5, 0.6) is 0 Å². The van der Waals surface area contributed by atoms with Crippen LogP contribution in [0.25, 0.3) is 0 Å². The average Bonchev–Trinajstić information content (AvgIpc) is 2.07. The van der Waals surface area contributed by atoms with Crippen molar-refractivity contribution < 1.29 is 46.6 Å². The van der Waals surface area contributed by atoms with Crippen LogP contribution < -0.4 is 0 Å². The first-order valence-corrected chi connectivity index (χ1v) is 5.10. The normalized spacial score (nSPS) is 7.12. The van der Waals surface area contributed by atoms with Gasteiger partial charge in [0.15, 0.2) is 0 Å². The molecule has 0 rings (SSSR count). The number of rotatable bonds is 2. The maximum atomic E-state index is 8.20. The van der Waals surface area contributed by atoms with Gasteiger partial charge < -0.3 is 25.3 Å². The van der Waals surface area contributed by atoms with Gasteiger partial charge in [0.05, 0.1) is 6.61 Å². The van der Waals surface area contributed by atoms with Crippen LogP contribution in [0, 0.1) is 0 Å². The summed E-state index contributed by atoms with van der Waals surface area (Å²) < 4.78 is 0. The Morgan fingerprint density at radius 2 is 0.938 bits per heavy atom. The van der Waals surface area contributed by atoms with E-state index in [2.05, 4.69) is 0 Å². The van der Waals surface area contributed by atoms with Crippen LogP contribution in [-0.2, 0) is 26.2 Å². The van der Waals surface area contributed by atoms with E-state index in [-0.39, 0.29) is 52.6 Å². The zero-order chi connectivity index (χ0) is 13.1. The maximum Gasteiger partial charge on any atom is 0.0558 e. The molecule has 0 aromatic rings. The summed E-state index contributed by atoms with van der Waals surface area (Å²) in [5, 5.41) is 30.9. The Morgan fingerprint density at radius 1 is 0.750 bits per heavy atom. The summed E-state index contributed by atoms with van der Waals surface area (Å²) in [6.07, 6.45) is 0. The number of aliphatic hydroxyl groups excluding tert-OH is 4. The van der Waals surface area contributed by atoms with Crippen LogP contribution in [0.15, 0.2) is 0 Å². The number of likely N-dealkylation sites (N-methyl/N-ethyl adjacent to an activating group) is 1. The van der Waals surface area contributed by atoms with E-state index in [0.29, 0.717) is 0 Å². The van der Waals surface area contributed by atoms with Crippen LogP contribution in [0.1, 0.15) is 20.8 Å². The largest absolute Gasteiger partial charge is 0.397 e. The van der Waals surface area contributed by atoms with Gasteiger partial charge in [-0.3, -0.25) is 0 Å². The second kappa shape index (κ2) is 44.8. The molecular formula is C10H29NO4Zr. The van der Waals surface area contributed by atoms with E-state index >= 15 is 0 Å². The van der Waals surface area contributed by atoms with Crippen LogP contribution in [-0.4, -0.2) is 72.4 Å². The van der Waals surface area contributed by atoms with E-state index in [4.69, 9.17) is 20.4 Å². The molecule has 102 valence electrons.